The van der Waals surface area contributed by atoms with Gasteiger partial charge in [-0.3, -0.25) is 0 Å². The maximum absolute atomic E-state index is 10.4. The minimum absolute atomic E-state index is 0.568. The molecule has 0 amide bonds. The first-order valence-electron chi connectivity index (χ1n) is 6.73. The molecular weight excluding hydrogens is 244 g/mol. The predicted octanol–water partition coefficient (Wildman–Crippen LogP) is 4.44. The van der Waals surface area contributed by atoms with Gasteiger partial charge in [-0.2, -0.15) is 0 Å². The lowest BCUT2D eigenvalue weighted by Gasteiger charge is -2.12. The molecule has 0 aliphatic heterocycles. The molecule has 1 N–H and O–H groups in total. The van der Waals surface area contributed by atoms with E-state index in [0.717, 1.165) is 16.7 Å². The molecule has 0 unspecified atom stereocenters. The van der Waals surface area contributed by atoms with Gasteiger partial charge in [0.1, 0.15) is 6.10 Å². The molecule has 0 spiro atoms. The van der Waals surface area contributed by atoms with Gasteiger partial charge in [-0.15, -0.1) is 0 Å². The summed E-state index contributed by atoms with van der Waals surface area (Å²) in [5.74, 6) is 0. The fourth-order valence-electron chi connectivity index (χ4n) is 2.32. The molecule has 0 bridgehead atoms. The van der Waals surface area contributed by atoms with Crippen LogP contribution in [0.2, 0.25) is 0 Å². The smallest absolute Gasteiger partial charge is 0.104 e. The van der Waals surface area contributed by atoms with Crippen molar-refractivity contribution in [1.29, 1.82) is 0 Å². The van der Waals surface area contributed by atoms with Gasteiger partial charge in [0.25, 0.3) is 0 Å². The van der Waals surface area contributed by atoms with Gasteiger partial charge in [0.15, 0.2) is 0 Å². The SMILES string of the molecule is O[C@@H](c1ccccc1)c1ccc(-c2ccccc2)cc1. The van der Waals surface area contributed by atoms with E-state index in [4.69, 9.17) is 0 Å². The molecule has 20 heavy (non-hydrogen) atoms. The Balaban J connectivity index is 1.87. The van der Waals surface area contributed by atoms with Crippen molar-refractivity contribution in [1.82, 2.24) is 0 Å². The van der Waals surface area contributed by atoms with Crippen LogP contribution in [-0.2, 0) is 0 Å². The zero-order chi connectivity index (χ0) is 13.8. The fourth-order valence-corrected chi connectivity index (χ4v) is 2.32. The molecule has 1 atom stereocenters. The van der Waals surface area contributed by atoms with Gasteiger partial charge >= 0.3 is 0 Å². The number of benzene rings is 3. The minimum Gasteiger partial charge on any atom is -0.384 e. The van der Waals surface area contributed by atoms with Crippen LogP contribution in [0.15, 0.2) is 84.9 Å². The summed E-state index contributed by atoms with van der Waals surface area (Å²) in [5, 5.41) is 10.4. The summed E-state index contributed by atoms with van der Waals surface area (Å²) in [5.41, 5.74) is 4.18. The Kier molecular flexibility index (Phi) is 3.62. The van der Waals surface area contributed by atoms with Crippen LogP contribution in [0.3, 0.4) is 0 Å². The molecule has 3 aromatic rings. The average molecular weight is 260 g/mol. The fraction of sp³-hybridized carbons (Fsp3) is 0.0526. The maximum Gasteiger partial charge on any atom is 0.104 e. The number of rotatable bonds is 3. The molecule has 0 saturated heterocycles. The van der Waals surface area contributed by atoms with Crippen molar-refractivity contribution < 1.29 is 5.11 Å². The van der Waals surface area contributed by atoms with E-state index in [1.165, 1.54) is 5.56 Å². The maximum atomic E-state index is 10.4. The third kappa shape index (κ3) is 2.63. The van der Waals surface area contributed by atoms with E-state index < -0.39 is 6.10 Å². The molecule has 1 heteroatoms. The predicted molar refractivity (Wildman–Crippen MR) is 82.4 cm³/mol. The van der Waals surface area contributed by atoms with E-state index >= 15 is 0 Å². The van der Waals surface area contributed by atoms with E-state index in [9.17, 15) is 5.11 Å². The molecule has 0 saturated carbocycles. The molecule has 0 aliphatic rings. The van der Waals surface area contributed by atoms with Gasteiger partial charge in [-0.25, -0.2) is 0 Å². The van der Waals surface area contributed by atoms with Crippen molar-refractivity contribution in [3.63, 3.8) is 0 Å². The standard InChI is InChI=1S/C19H16O/c20-19(17-9-5-2-6-10-17)18-13-11-16(12-14-18)15-7-3-1-4-8-15/h1-14,19-20H/t19-/m0/s1. The summed E-state index contributed by atoms with van der Waals surface area (Å²) < 4.78 is 0. The first-order valence-corrected chi connectivity index (χ1v) is 6.73. The lowest BCUT2D eigenvalue weighted by Crippen LogP contribution is -1.98. The minimum atomic E-state index is -0.568. The first kappa shape index (κ1) is 12.6. The second-order valence-electron chi connectivity index (χ2n) is 4.80. The molecule has 0 aliphatic carbocycles. The van der Waals surface area contributed by atoms with Crippen molar-refractivity contribution in [2.24, 2.45) is 0 Å². The average Bonchev–Trinajstić information content (AvgIpc) is 2.56. The summed E-state index contributed by atoms with van der Waals surface area (Å²) >= 11 is 0. The van der Waals surface area contributed by atoms with Gasteiger partial charge in [-0.05, 0) is 22.3 Å². The Morgan fingerprint density at radius 3 is 1.55 bits per heavy atom. The molecule has 0 radical (unpaired) electrons. The highest BCUT2D eigenvalue weighted by Crippen LogP contribution is 2.25. The van der Waals surface area contributed by atoms with Crippen LogP contribution in [0.4, 0.5) is 0 Å². The Hall–Kier alpha value is -2.38. The number of aliphatic hydroxyl groups is 1. The summed E-state index contributed by atoms with van der Waals surface area (Å²) in [6, 6.07) is 28.0. The van der Waals surface area contributed by atoms with Crippen LogP contribution in [0.5, 0.6) is 0 Å². The largest absolute Gasteiger partial charge is 0.384 e. The van der Waals surface area contributed by atoms with E-state index in [1.807, 2.05) is 60.7 Å². The normalized spacial score (nSPS) is 12.1. The number of hydrogen-bond acceptors (Lipinski definition) is 1. The molecule has 0 aromatic heterocycles. The van der Waals surface area contributed by atoms with Crippen molar-refractivity contribution >= 4 is 0 Å². The highest BCUT2D eigenvalue weighted by Gasteiger charge is 2.09. The highest BCUT2D eigenvalue weighted by atomic mass is 16.3. The molecule has 0 fully saturated rings. The van der Waals surface area contributed by atoms with Crippen LogP contribution in [0.25, 0.3) is 11.1 Å². The lowest BCUT2D eigenvalue weighted by molar-refractivity contribution is 0.220. The number of aliphatic hydroxyl groups excluding tert-OH is 1. The van der Waals surface area contributed by atoms with Gasteiger partial charge in [-0.1, -0.05) is 84.9 Å². The summed E-state index contributed by atoms with van der Waals surface area (Å²) in [7, 11) is 0. The Labute approximate surface area is 119 Å². The summed E-state index contributed by atoms with van der Waals surface area (Å²) in [6.45, 7) is 0. The molecule has 3 aromatic carbocycles. The monoisotopic (exact) mass is 260 g/mol. The topological polar surface area (TPSA) is 20.2 Å². The van der Waals surface area contributed by atoms with E-state index in [-0.39, 0.29) is 0 Å². The van der Waals surface area contributed by atoms with Crippen LogP contribution in [0, 0.1) is 0 Å². The summed E-state index contributed by atoms with van der Waals surface area (Å²) in [4.78, 5) is 0. The molecule has 3 rings (SSSR count). The molecule has 98 valence electrons. The first-order chi connectivity index (χ1) is 9.84. The molecule has 1 nitrogen and oxygen atoms in total. The number of hydrogen-bond donors (Lipinski definition) is 1. The van der Waals surface area contributed by atoms with Gasteiger partial charge in [0.2, 0.25) is 0 Å². The quantitative estimate of drug-likeness (QED) is 0.738. The Morgan fingerprint density at radius 2 is 0.950 bits per heavy atom. The van der Waals surface area contributed by atoms with Gasteiger partial charge < -0.3 is 5.11 Å². The van der Waals surface area contributed by atoms with Crippen molar-refractivity contribution in [2.75, 3.05) is 0 Å². The van der Waals surface area contributed by atoms with E-state index in [0.29, 0.717) is 0 Å². The van der Waals surface area contributed by atoms with Crippen LogP contribution >= 0.6 is 0 Å². The van der Waals surface area contributed by atoms with E-state index in [1.54, 1.807) is 0 Å². The van der Waals surface area contributed by atoms with Gasteiger partial charge in [0.05, 0.1) is 0 Å². The van der Waals surface area contributed by atoms with Crippen molar-refractivity contribution in [3.05, 3.63) is 96.1 Å². The Bertz CT molecular complexity index is 657. The highest BCUT2D eigenvalue weighted by molar-refractivity contribution is 5.63. The van der Waals surface area contributed by atoms with Crippen molar-refractivity contribution in [3.8, 4) is 11.1 Å². The molecule has 0 heterocycles. The zero-order valence-electron chi connectivity index (χ0n) is 11.1. The lowest BCUT2D eigenvalue weighted by atomic mass is 9.98. The van der Waals surface area contributed by atoms with Crippen LogP contribution in [-0.4, -0.2) is 5.11 Å². The van der Waals surface area contributed by atoms with Crippen molar-refractivity contribution in [2.45, 2.75) is 6.10 Å². The third-order valence-corrected chi connectivity index (χ3v) is 3.45. The zero-order valence-corrected chi connectivity index (χ0v) is 11.1. The van der Waals surface area contributed by atoms with Gasteiger partial charge in [0, 0.05) is 0 Å². The second-order valence-corrected chi connectivity index (χ2v) is 4.80. The van der Waals surface area contributed by atoms with Crippen LogP contribution in [0.1, 0.15) is 17.2 Å². The second kappa shape index (κ2) is 5.72. The van der Waals surface area contributed by atoms with E-state index in [2.05, 4.69) is 24.3 Å². The summed E-state index contributed by atoms with van der Waals surface area (Å²) in [6.07, 6.45) is -0.568. The van der Waals surface area contributed by atoms with Crippen LogP contribution < -0.4 is 0 Å². The third-order valence-electron chi connectivity index (χ3n) is 3.45. The molecular formula is C19H16O. The Morgan fingerprint density at radius 1 is 0.500 bits per heavy atom.